The van der Waals surface area contributed by atoms with Crippen LogP contribution in [0.4, 0.5) is 5.95 Å². The highest BCUT2D eigenvalue weighted by molar-refractivity contribution is 5.84. The summed E-state index contributed by atoms with van der Waals surface area (Å²) in [6, 6.07) is 6.02. The summed E-state index contributed by atoms with van der Waals surface area (Å²) < 4.78 is 13.3. The monoisotopic (exact) mass is 289 g/mol. The van der Waals surface area contributed by atoms with Crippen molar-refractivity contribution in [3.8, 4) is 5.75 Å². The number of hydrogen-bond donors (Lipinski definition) is 1. The summed E-state index contributed by atoms with van der Waals surface area (Å²) in [5, 5.41) is 0. The first-order valence-electron chi connectivity index (χ1n) is 7.75. The Balaban J connectivity index is 1.82. The number of nitrogens with zero attached hydrogens (tertiary/aromatic N) is 2. The average molecular weight is 289 g/mol. The van der Waals surface area contributed by atoms with Gasteiger partial charge in [-0.15, -0.1) is 0 Å². The van der Waals surface area contributed by atoms with E-state index in [1.54, 1.807) is 0 Å². The molecule has 2 N–H and O–H groups in total. The van der Waals surface area contributed by atoms with Crippen molar-refractivity contribution in [3.05, 3.63) is 18.2 Å². The molecule has 0 aliphatic carbocycles. The lowest BCUT2D eigenvalue weighted by molar-refractivity contribution is 0.183. The maximum absolute atomic E-state index is 6.10. The van der Waals surface area contributed by atoms with E-state index in [1.165, 1.54) is 0 Å². The zero-order valence-electron chi connectivity index (χ0n) is 12.5. The molecule has 114 valence electrons. The molecule has 5 nitrogen and oxygen atoms in total. The van der Waals surface area contributed by atoms with Crippen LogP contribution in [0, 0.1) is 5.92 Å². The molecular weight excluding hydrogens is 266 g/mol. The molecule has 0 spiro atoms. The second kappa shape index (κ2) is 6.35. The molecule has 1 aromatic heterocycles. The number of anilines is 1. The fourth-order valence-electron chi connectivity index (χ4n) is 2.83. The number of benzene rings is 1. The van der Waals surface area contributed by atoms with Crippen molar-refractivity contribution >= 4 is 17.0 Å². The van der Waals surface area contributed by atoms with Gasteiger partial charge in [-0.2, -0.15) is 0 Å². The van der Waals surface area contributed by atoms with Crippen molar-refractivity contribution in [1.29, 1.82) is 0 Å². The summed E-state index contributed by atoms with van der Waals surface area (Å²) in [6.07, 6.45) is 3.21. The van der Waals surface area contributed by atoms with E-state index < -0.39 is 0 Å². The Morgan fingerprint density at radius 1 is 1.48 bits per heavy atom. The number of imidazole rings is 1. The Kier molecular flexibility index (Phi) is 4.29. The maximum atomic E-state index is 6.10. The van der Waals surface area contributed by atoms with Gasteiger partial charge in [0.05, 0.1) is 12.1 Å². The van der Waals surface area contributed by atoms with Crippen molar-refractivity contribution in [2.75, 3.05) is 25.6 Å². The largest absolute Gasteiger partial charge is 0.491 e. The van der Waals surface area contributed by atoms with Crippen LogP contribution >= 0.6 is 0 Å². The Bertz CT molecular complexity index is 603. The lowest BCUT2D eigenvalue weighted by Gasteiger charge is -2.10. The van der Waals surface area contributed by atoms with E-state index >= 15 is 0 Å². The van der Waals surface area contributed by atoms with Gasteiger partial charge in [0.25, 0.3) is 0 Å². The molecule has 1 saturated heterocycles. The molecule has 1 aliphatic rings. The number of rotatable bonds is 6. The molecule has 1 atom stereocenters. The predicted molar refractivity (Wildman–Crippen MR) is 83.5 cm³/mol. The average Bonchev–Trinajstić information content (AvgIpc) is 3.10. The molecule has 0 radical (unpaired) electrons. The maximum Gasteiger partial charge on any atom is 0.201 e. The smallest absolute Gasteiger partial charge is 0.201 e. The molecule has 0 bridgehead atoms. The van der Waals surface area contributed by atoms with E-state index in [1.807, 2.05) is 12.1 Å². The van der Waals surface area contributed by atoms with Crippen LogP contribution < -0.4 is 10.5 Å². The minimum atomic E-state index is 0.566. The van der Waals surface area contributed by atoms with Crippen LogP contribution in [0.2, 0.25) is 0 Å². The predicted octanol–water partition coefficient (Wildman–Crippen LogP) is 2.83. The third-order valence-electron chi connectivity index (χ3n) is 4.02. The first-order valence-corrected chi connectivity index (χ1v) is 7.75. The van der Waals surface area contributed by atoms with Gasteiger partial charge in [-0.25, -0.2) is 4.98 Å². The van der Waals surface area contributed by atoms with Gasteiger partial charge in [0, 0.05) is 19.8 Å². The van der Waals surface area contributed by atoms with Crippen LogP contribution in [0.1, 0.15) is 26.2 Å². The summed E-state index contributed by atoms with van der Waals surface area (Å²) in [7, 11) is 0. The molecule has 2 aromatic rings. The molecule has 3 rings (SSSR count). The van der Waals surface area contributed by atoms with E-state index in [-0.39, 0.29) is 0 Å². The van der Waals surface area contributed by atoms with Gasteiger partial charge in [-0.3, -0.25) is 0 Å². The normalized spacial score (nSPS) is 18.4. The molecular formula is C16H23N3O2. The molecule has 0 amide bonds. The van der Waals surface area contributed by atoms with Gasteiger partial charge in [-0.1, -0.05) is 13.0 Å². The van der Waals surface area contributed by atoms with E-state index in [4.69, 9.17) is 15.2 Å². The molecule has 21 heavy (non-hydrogen) atoms. The molecule has 1 aliphatic heterocycles. The SMILES string of the molecule is CCCOc1cccc2c1nc(N)n2CCC1CCOC1. The number of hydrogen-bond acceptors (Lipinski definition) is 4. The first-order chi connectivity index (χ1) is 10.3. The van der Waals surface area contributed by atoms with Crippen LogP contribution in [-0.2, 0) is 11.3 Å². The van der Waals surface area contributed by atoms with Gasteiger partial charge >= 0.3 is 0 Å². The fraction of sp³-hybridized carbons (Fsp3) is 0.562. The number of nitrogens with two attached hydrogens (primary N) is 1. The van der Waals surface area contributed by atoms with Crippen LogP contribution in [0.25, 0.3) is 11.0 Å². The van der Waals surface area contributed by atoms with Gasteiger partial charge in [-0.05, 0) is 37.3 Å². The van der Waals surface area contributed by atoms with Crippen LogP contribution in [0.3, 0.4) is 0 Å². The van der Waals surface area contributed by atoms with Gasteiger partial charge in [0.1, 0.15) is 11.3 Å². The Labute approximate surface area is 125 Å². The van der Waals surface area contributed by atoms with Crippen molar-refractivity contribution in [2.24, 2.45) is 5.92 Å². The minimum absolute atomic E-state index is 0.566. The summed E-state index contributed by atoms with van der Waals surface area (Å²) in [5.41, 5.74) is 8.02. The number of nitrogen functional groups attached to an aromatic ring is 1. The Morgan fingerprint density at radius 2 is 2.38 bits per heavy atom. The van der Waals surface area contributed by atoms with Crippen molar-refractivity contribution < 1.29 is 9.47 Å². The molecule has 0 saturated carbocycles. The highest BCUT2D eigenvalue weighted by Crippen LogP contribution is 2.28. The second-order valence-corrected chi connectivity index (χ2v) is 5.61. The van der Waals surface area contributed by atoms with Gasteiger partial charge < -0.3 is 19.8 Å². The number of ether oxygens (including phenoxy) is 2. The second-order valence-electron chi connectivity index (χ2n) is 5.61. The lowest BCUT2D eigenvalue weighted by atomic mass is 10.1. The highest BCUT2D eigenvalue weighted by atomic mass is 16.5. The quantitative estimate of drug-likeness (QED) is 0.888. The topological polar surface area (TPSA) is 62.3 Å². The molecule has 5 heteroatoms. The van der Waals surface area contributed by atoms with Crippen molar-refractivity contribution in [2.45, 2.75) is 32.7 Å². The summed E-state index contributed by atoms with van der Waals surface area (Å²) in [5.74, 6) is 2.03. The van der Waals surface area contributed by atoms with Crippen molar-refractivity contribution in [1.82, 2.24) is 9.55 Å². The number of fused-ring (bicyclic) bond motifs is 1. The zero-order chi connectivity index (χ0) is 14.7. The van der Waals surface area contributed by atoms with Crippen LogP contribution in [-0.4, -0.2) is 29.4 Å². The zero-order valence-corrected chi connectivity index (χ0v) is 12.5. The van der Waals surface area contributed by atoms with E-state index in [2.05, 4.69) is 22.5 Å². The number of aryl methyl sites for hydroxylation is 1. The van der Waals surface area contributed by atoms with Crippen LogP contribution in [0.15, 0.2) is 18.2 Å². The lowest BCUT2D eigenvalue weighted by Crippen LogP contribution is -2.08. The summed E-state index contributed by atoms with van der Waals surface area (Å²) in [4.78, 5) is 4.50. The van der Waals surface area contributed by atoms with Crippen molar-refractivity contribution in [3.63, 3.8) is 0 Å². The third kappa shape index (κ3) is 2.97. The molecule has 2 heterocycles. The molecule has 1 aromatic carbocycles. The van der Waals surface area contributed by atoms with E-state index in [0.29, 0.717) is 18.5 Å². The third-order valence-corrected chi connectivity index (χ3v) is 4.02. The molecule has 1 fully saturated rings. The number of aromatic nitrogens is 2. The molecule has 1 unspecified atom stereocenters. The number of para-hydroxylation sites is 1. The van der Waals surface area contributed by atoms with Gasteiger partial charge in [0.15, 0.2) is 0 Å². The summed E-state index contributed by atoms with van der Waals surface area (Å²) >= 11 is 0. The van der Waals surface area contributed by atoms with Gasteiger partial charge in [0.2, 0.25) is 5.95 Å². The Hall–Kier alpha value is -1.75. The summed E-state index contributed by atoms with van der Waals surface area (Å²) in [6.45, 7) is 5.44. The minimum Gasteiger partial charge on any atom is -0.491 e. The first kappa shape index (κ1) is 14.2. The van der Waals surface area contributed by atoms with E-state index in [9.17, 15) is 0 Å². The fourth-order valence-corrected chi connectivity index (χ4v) is 2.83. The van der Waals surface area contributed by atoms with E-state index in [0.717, 1.165) is 55.8 Å². The highest BCUT2D eigenvalue weighted by Gasteiger charge is 2.17. The van der Waals surface area contributed by atoms with Crippen LogP contribution in [0.5, 0.6) is 5.75 Å². The Morgan fingerprint density at radius 3 is 3.14 bits per heavy atom. The standard InChI is InChI=1S/C16H23N3O2/c1-2-9-21-14-5-3-4-13-15(14)18-16(17)19(13)8-6-12-7-10-20-11-12/h3-5,12H,2,6-11H2,1H3,(H2,17,18).